The lowest BCUT2D eigenvalue weighted by atomic mass is 9.84. The molecule has 0 bridgehead atoms. The number of hydrogen-bond acceptors (Lipinski definition) is 2. The maximum Gasteiger partial charge on any atom is 0.231 e. The van der Waals surface area contributed by atoms with Crippen molar-refractivity contribution in [2.45, 2.75) is 51.0 Å². The molecule has 0 aromatic heterocycles. The van der Waals surface area contributed by atoms with Crippen LogP contribution in [-0.2, 0) is 11.2 Å². The molecule has 0 spiro atoms. The number of aliphatic hydroxyl groups excluding tert-OH is 1. The lowest BCUT2D eigenvalue weighted by molar-refractivity contribution is -0.117. The number of amides is 1. The van der Waals surface area contributed by atoms with Crippen molar-refractivity contribution >= 4 is 11.6 Å². The molecule has 0 radical (unpaired) electrons. The Labute approximate surface area is 120 Å². The number of rotatable bonds is 3. The standard InChI is InChI=1S/C17H23NO2/c1-18-15-8-7-13(10-14(15)11-17(18)20)16(19)9-12-5-3-2-4-6-12/h7-8,10,12,16,19H,2-6,9,11H2,1H3. The molecule has 1 aliphatic carbocycles. The van der Waals surface area contributed by atoms with Gasteiger partial charge in [-0.05, 0) is 29.5 Å². The molecule has 0 saturated heterocycles. The Morgan fingerprint density at radius 2 is 2.05 bits per heavy atom. The Morgan fingerprint density at radius 1 is 1.30 bits per heavy atom. The summed E-state index contributed by atoms with van der Waals surface area (Å²) in [5.41, 5.74) is 3.01. The highest BCUT2D eigenvalue weighted by Gasteiger charge is 2.25. The zero-order chi connectivity index (χ0) is 14.1. The molecule has 1 unspecified atom stereocenters. The fraction of sp³-hybridized carbons (Fsp3) is 0.588. The van der Waals surface area contributed by atoms with Gasteiger partial charge in [0, 0.05) is 12.7 Å². The van der Waals surface area contributed by atoms with Gasteiger partial charge < -0.3 is 10.0 Å². The van der Waals surface area contributed by atoms with Crippen molar-refractivity contribution < 1.29 is 9.90 Å². The van der Waals surface area contributed by atoms with Gasteiger partial charge in [0.15, 0.2) is 0 Å². The molecule has 3 rings (SSSR count). The summed E-state index contributed by atoms with van der Waals surface area (Å²) in [7, 11) is 1.81. The smallest absolute Gasteiger partial charge is 0.231 e. The van der Waals surface area contributed by atoms with E-state index >= 15 is 0 Å². The van der Waals surface area contributed by atoms with Crippen LogP contribution in [0.25, 0.3) is 0 Å². The summed E-state index contributed by atoms with van der Waals surface area (Å²) in [5, 5.41) is 10.4. The molecular formula is C17H23NO2. The summed E-state index contributed by atoms with van der Waals surface area (Å²) < 4.78 is 0. The molecule has 1 aromatic rings. The monoisotopic (exact) mass is 273 g/mol. The van der Waals surface area contributed by atoms with E-state index in [1.807, 2.05) is 25.2 Å². The van der Waals surface area contributed by atoms with E-state index in [2.05, 4.69) is 0 Å². The molecule has 3 heteroatoms. The van der Waals surface area contributed by atoms with Crippen LogP contribution in [0.5, 0.6) is 0 Å². The molecular weight excluding hydrogens is 250 g/mol. The van der Waals surface area contributed by atoms with Crippen LogP contribution < -0.4 is 4.90 Å². The second-order valence-electron chi connectivity index (χ2n) is 6.27. The first-order valence-electron chi connectivity index (χ1n) is 7.72. The van der Waals surface area contributed by atoms with Crippen LogP contribution in [-0.4, -0.2) is 18.1 Å². The van der Waals surface area contributed by atoms with Crippen LogP contribution in [0.1, 0.15) is 55.8 Å². The van der Waals surface area contributed by atoms with E-state index in [0.29, 0.717) is 12.3 Å². The quantitative estimate of drug-likeness (QED) is 0.918. The van der Waals surface area contributed by atoms with E-state index in [-0.39, 0.29) is 12.0 Å². The maximum atomic E-state index is 11.7. The second kappa shape index (κ2) is 5.57. The third-order valence-corrected chi connectivity index (χ3v) is 4.85. The lowest BCUT2D eigenvalue weighted by Crippen LogP contribution is -2.20. The first-order chi connectivity index (χ1) is 9.65. The van der Waals surface area contributed by atoms with Crippen LogP contribution in [0, 0.1) is 5.92 Å². The van der Waals surface area contributed by atoms with Crippen molar-refractivity contribution in [1.29, 1.82) is 0 Å². The molecule has 20 heavy (non-hydrogen) atoms. The third kappa shape index (κ3) is 2.59. The van der Waals surface area contributed by atoms with E-state index in [9.17, 15) is 9.90 Å². The van der Waals surface area contributed by atoms with Gasteiger partial charge in [0.1, 0.15) is 0 Å². The Balaban J connectivity index is 1.71. The van der Waals surface area contributed by atoms with Crippen LogP contribution >= 0.6 is 0 Å². The summed E-state index contributed by atoms with van der Waals surface area (Å²) in [6.07, 6.45) is 7.41. The van der Waals surface area contributed by atoms with E-state index in [1.165, 1.54) is 32.1 Å². The van der Waals surface area contributed by atoms with Crippen LogP contribution in [0.3, 0.4) is 0 Å². The van der Waals surface area contributed by atoms with Crippen molar-refractivity contribution in [1.82, 2.24) is 0 Å². The Kier molecular flexibility index (Phi) is 3.79. The Hall–Kier alpha value is -1.35. The molecule has 1 aliphatic heterocycles. The largest absolute Gasteiger partial charge is 0.388 e. The summed E-state index contributed by atoms with van der Waals surface area (Å²) in [5.74, 6) is 0.801. The van der Waals surface area contributed by atoms with Gasteiger partial charge in [-0.2, -0.15) is 0 Å². The molecule has 1 atom stereocenters. The van der Waals surface area contributed by atoms with E-state index in [4.69, 9.17) is 0 Å². The number of carbonyl (C=O) groups excluding carboxylic acids is 1. The molecule has 1 saturated carbocycles. The van der Waals surface area contributed by atoms with Crippen LogP contribution in [0.15, 0.2) is 18.2 Å². The van der Waals surface area contributed by atoms with Gasteiger partial charge in [-0.3, -0.25) is 4.79 Å². The number of anilines is 1. The summed E-state index contributed by atoms with van der Waals surface area (Å²) in [6.45, 7) is 0. The zero-order valence-electron chi connectivity index (χ0n) is 12.1. The van der Waals surface area contributed by atoms with Gasteiger partial charge in [0.2, 0.25) is 5.91 Å². The SMILES string of the molecule is CN1C(=O)Cc2cc(C(O)CC3CCCCC3)ccc21. The zero-order valence-corrected chi connectivity index (χ0v) is 12.1. The van der Waals surface area contributed by atoms with Gasteiger partial charge in [-0.25, -0.2) is 0 Å². The lowest BCUT2D eigenvalue weighted by Gasteiger charge is -2.24. The molecule has 3 nitrogen and oxygen atoms in total. The number of carbonyl (C=O) groups is 1. The van der Waals surface area contributed by atoms with Gasteiger partial charge in [-0.1, -0.05) is 44.2 Å². The maximum absolute atomic E-state index is 11.7. The van der Waals surface area contributed by atoms with E-state index in [0.717, 1.165) is 23.2 Å². The molecule has 1 amide bonds. The van der Waals surface area contributed by atoms with Gasteiger partial charge in [-0.15, -0.1) is 0 Å². The first kappa shape index (κ1) is 13.6. The van der Waals surface area contributed by atoms with E-state index < -0.39 is 0 Å². The number of nitrogens with zero attached hydrogens (tertiary/aromatic N) is 1. The number of likely N-dealkylation sites (N-methyl/N-ethyl adjacent to an activating group) is 1. The van der Waals surface area contributed by atoms with Crippen molar-refractivity contribution in [2.75, 3.05) is 11.9 Å². The Morgan fingerprint density at radius 3 is 2.80 bits per heavy atom. The van der Waals surface area contributed by atoms with Crippen molar-refractivity contribution in [3.8, 4) is 0 Å². The Bertz CT molecular complexity index is 506. The molecule has 1 N–H and O–H groups in total. The number of hydrogen-bond donors (Lipinski definition) is 1. The molecule has 1 fully saturated rings. The van der Waals surface area contributed by atoms with Gasteiger partial charge >= 0.3 is 0 Å². The van der Waals surface area contributed by atoms with Gasteiger partial charge in [0.05, 0.1) is 12.5 Å². The normalized spacial score (nSPS) is 21.1. The number of benzene rings is 1. The summed E-state index contributed by atoms with van der Waals surface area (Å²) >= 11 is 0. The topological polar surface area (TPSA) is 40.5 Å². The fourth-order valence-electron chi connectivity index (χ4n) is 3.57. The highest BCUT2D eigenvalue weighted by Crippen LogP contribution is 2.34. The predicted molar refractivity (Wildman–Crippen MR) is 79.7 cm³/mol. The van der Waals surface area contributed by atoms with Crippen LogP contribution in [0.4, 0.5) is 5.69 Å². The molecule has 2 aliphatic rings. The van der Waals surface area contributed by atoms with Gasteiger partial charge in [0.25, 0.3) is 0 Å². The van der Waals surface area contributed by atoms with E-state index in [1.54, 1.807) is 4.90 Å². The highest BCUT2D eigenvalue weighted by atomic mass is 16.3. The average molecular weight is 273 g/mol. The fourth-order valence-corrected chi connectivity index (χ4v) is 3.57. The predicted octanol–water partition coefficient (Wildman–Crippen LogP) is 3.21. The van der Waals surface area contributed by atoms with Crippen molar-refractivity contribution in [2.24, 2.45) is 5.92 Å². The number of fused-ring (bicyclic) bond motifs is 1. The van der Waals surface area contributed by atoms with Crippen LogP contribution in [0.2, 0.25) is 0 Å². The first-order valence-corrected chi connectivity index (χ1v) is 7.72. The minimum absolute atomic E-state index is 0.138. The summed E-state index contributed by atoms with van der Waals surface area (Å²) in [6, 6.07) is 5.96. The van der Waals surface area contributed by atoms with Crippen molar-refractivity contribution in [3.05, 3.63) is 29.3 Å². The minimum atomic E-state index is -0.385. The third-order valence-electron chi connectivity index (χ3n) is 4.85. The summed E-state index contributed by atoms with van der Waals surface area (Å²) in [4.78, 5) is 13.4. The number of aliphatic hydroxyl groups is 1. The molecule has 108 valence electrons. The second-order valence-corrected chi connectivity index (χ2v) is 6.27. The molecule has 1 heterocycles. The molecule has 1 aromatic carbocycles. The average Bonchev–Trinajstić information content (AvgIpc) is 2.74. The highest BCUT2D eigenvalue weighted by molar-refractivity contribution is 6.00. The van der Waals surface area contributed by atoms with Crippen molar-refractivity contribution in [3.63, 3.8) is 0 Å². The minimum Gasteiger partial charge on any atom is -0.388 e.